The van der Waals surface area contributed by atoms with E-state index in [2.05, 4.69) is 5.32 Å². The predicted molar refractivity (Wildman–Crippen MR) is 175 cm³/mol. The smallest absolute Gasteiger partial charge is 0.251 e. The highest BCUT2D eigenvalue weighted by Crippen LogP contribution is 2.35. The third-order valence-corrected chi connectivity index (χ3v) is 8.29. The van der Waals surface area contributed by atoms with Crippen LogP contribution in [-0.4, -0.2) is 74.2 Å². The monoisotopic (exact) mass is 645 g/mol. The van der Waals surface area contributed by atoms with E-state index in [1.165, 1.54) is 19.2 Å². The number of hydrogen-bond acceptors (Lipinski definition) is 8. The lowest BCUT2D eigenvalue weighted by atomic mass is 9.89. The van der Waals surface area contributed by atoms with Gasteiger partial charge in [0.05, 0.1) is 19.8 Å². The molecule has 5 rings (SSSR count). The molecule has 4 aromatic rings. The fourth-order valence-corrected chi connectivity index (χ4v) is 5.89. The quantitative estimate of drug-likeness (QED) is 0.199. The zero-order valence-corrected chi connectivity index (χ0v) is 27.0. The van der Waals surface area contributed by atoms with Crippen LogP contribution in [0.2, 0.25) is 0 Å². The highest BCUT2D eigenvalue weighted by Gasteiger charge is 2.50. The summed E-state index contributed by atoms with van der Waals surface area (Å²) < 4.78 is 42.6. The molecule has 0 bridgehead atoms. The van der Waals surface area contributed by atoms with Crippen molar-refractivity contribution in [1.29, 1.82) is 0 Å². The summed E-state index contributed by atoms with van der Waals surface area (Å²) in [4.78, 5) is 13.3. The molecule has 0 spiro atoms. The average molecular weight is 646 g/mol. The molecule has 3 N–H and O–H groups in total. The Morgan fingerprint density at radius 1 is 0.851 bits per heavy atom. The van der Waals surface area contributed by atoms with E-state index in [9.17, 15) is 19.4 Å². The Hall–Kier alpha value is -4.48. The fraction of sp³-hybridized carbons (Fsp3) is 0.324. The van der Waals surface area contributed by atoms with Crippen LogP contribution >= 0.6 is 0 Å². The number of aliphatic hydroxyl groups is 2. The van der Waals surface area contributed by atoms with Gasteiger partial charge in [-0.2, -0.15) is 0 Å². The first-order chi connectivity index (χ1) is 22.5. The number of halogens is 1. The van der Waals surface area contributed by atoms with E-state index < -0.39 is 36.0 Å². The van der Waals surface area contributed by atoms with Gasteiger partial charge in [-0.1, -0.05) is 30.3 Å². The Bertz CT molecular complexity index is 1710. The summed E-state index contributed by atoms with van der Waals surface area (Å²) in [5, 5.41) is 24.4. The van der Waals surface area contributed by atoms with Crippen LogP contribution in [0.3, 0.4) is 0 Å². The summed E-state index contributed by atoms with van der Waals surface area (Å²) in [6, 6.07) is 24.2. The van der Waals surface area contributed by atoms with Crippen molar-refractivity contribution in [3.8, 4) is 39.5 Å². The van der Waals surface area contributed by atoms with Crippen LogP contribution in [0.25, 0.3) is 22.3 Å². The normalized spacial score (nSPS) is 20.3. The summed E-state index contributed by atoms with van der Waals surface area (Å²) >= 11 is 0. The summed E-state index contributed by atoms with van der Waals surface area (Å²) in [6.07, 6.45) is -4.12. The van der Waals surface area contributed by atoms with Crippen LogP contribution < -0.4 is 19.5 Å². The van der Waals surface area contributed by atoms with Crippen molar-refractivity contribution in [3.05, 3.63) is 102 Å². The predicted octanol–water partition coefficient (Wildman–Crippen LogP) is 5.40. The number of ether oxygens (including phenoxy) is 5. The third kappa shape index (κ3) is 7.58. The molecular weight excluding hydrogens is 605 g/mol. The number of amides is 1. The van der Waals surface area contributed by atoms with Crippen molar-refractivity contribution in [2.45, 2.75) is 50.5 Å². The minimum atomic E-state index is -1.37. The Morgan fingerprint density at radius 3 is 2.30 bits per heavy atom. The number of methoxy groups -OCH3 is 3. The molecule has 0 saturated carbocycles. The molecule has 1 aliphatic heterocycles. The van der Waals surface area contributed by atoms with Crippen LogP contribution in [-0.2, 0) is 15.9 Å². The Labute approximate surface area is 273 Å². The maximum atomic E-state index is 14.3. The number of nitrogens with one attached hydrogen (secondary N) is 1. The summed E-state index contributed by atoms with van der Waals surface area (Å²) in [7, 11) is 4.62. The highest BCUT2D eigenvalue weighted by molar-refractivity contribution is 5.96. The third-order valence-electron chi connectivity index (χ3n) is 8.29. The summed E-state index contributed by atoms with van der Waals surface area (Å²) in [6.45, 7) is 3.78. The molecule has 1 amide bonds. The van der Waals surface area contributed by atoms with E-state index in [1.54, 1.807) is 70.5 Å². The maximum Gasteiger partial charge on any atom is 0.251 e. The standard InChI is InChI=1S/C37H40FNO8/c1-37(2)34(45-5)32(40)33(41)36(47-37)46-28-14-12-22(29(21-28)23-8-6-10-26(38)18-23)16-17-39-35(42)25-13-15-31(44-4)30(20-25)24-9-7-11-27(19-24)43-3/h6-15,18-21,32-34,36,40-41H,16-17H2,1-5H3,(H,39,42)/t32-,33+,34+,36+/m0/s1. The van der Waals surface area contributed by atoms with Crippen molar-refractivity contribution < 1.29 is 43.1 Å². The molecule has 1 saturated heterocycles. The zero-order valence-electron chi connectivity index (χ0n) is 27.0. The molecular formula is C37H40FNO8. The maximum absolute atomic E-state index is 14.3. The van der Waals surface area contributed by atoms with Crippen molar-refractivity contribution in [2.75, 3.05) is 27.9 Å². The van der Waals surface area contributed by atoms with Crippen molar-refractivity contribution in [2.24, 2.45) is 0 Å². The molecule has 47 heavy (non-hydrogen) atoms. The molecule has 1 aliphatic rings. The van der Waals surface area contributed by atoms with E-state index in [4.69, 9.17) is 23.7 Å². The number of hydrogen-bond donors (Lipinski definition) is 3. The molecule has 0 aromatic heterocycles. The van der Waals surface area contributed by atoms with E-state index >= 15 is 0 Å². The van der Waals surface area contributed by atoms with Gasteiger partial charge in [-0.05, 0) is 97.1 Å². The lowest BCUT2D eigenvalue weighted by Crippen LogP contribution is -2.63. The minimum Gasteiger partial charge on any atom is -0.497 e. The van der Waals surface area contributed by atoms with Gasteiger partial charge < -0.3 is 39.2 Å². The van der Waals surface area contributed by atoms with E-state index in [0.717, 1.165) is 16.7 Å². The number of carbonyl (C=O) groups excluding carboxylic acids is 1. The molecule has 1 fully saturated rings. The van der Waals surface area contributed by atoms with Gasteiger partial charge in [-0.3, -0.25) is 4.79 Å². The van der Waals surface area contributed by atoms with Crippen LogP contribution in [0.4, 0.5) is 4.39 Å². The van der Waals surface area contributed by atoms with Crippen molar-refractivity contribution in [1.82, 2.24) is 5.32 Å². The van der Waals surface area contributed by atoms with Crippen molar-refractivity contribution >= 4 is 5.91 Å². The first-order valence-electron chi connectivity index (χ1n) is 15.3. The number of aliphatic hydroxyl groups excluding tert-OH is 2. The molecule has 9 nitrogen and oxygen atoms in total. The molecule has 10 heteroatoms. The lowest BCUT2D eigenvalue weighted by molar-refractivity contribution is -0.305. The van der Waals surface area contributed by atoms with Gasteiger partial charge in [0.2, 0.25) is 6.29 Å². The SMILES string of the molecule is COc1cccc(-c2cc(C(=O)NCCc3ccc(O[C@@H]4OC(C)(C)[C@H](OC)[C@@H](O)[C@H]4O)cc3-c3cccc(F)c3)ccc2OC)c1. The second-order valence-electron chi connectivity index (χ2n) is 11.8. The van der Waals surface area contributed by atoms with E-state index in [1.807, 2.05) is 30.3 Å². The van der Waals surface area contributed by atoms with Gasteiger partial charge in [-0.25, -0.2) is 4.39 Å². The van der Waals surface area contributed by atoms with E-state index in [-0.39, 0.29) is 5.91 Å². The van der Waals surface area contributed by atoms with Gasteiger partial charge in [0.15, 0.2) is 0 Å². The minimum absolute atomic E-state index is 0.261. The Morgan fingerprint density at radius 2 is 1.60 bits per heavy atom. The first-order valence-corrected chi connectivity index (χ1v) is 15.3. The molecule has 0 aliphatic carbocycles. The molecule has 0 unspecified atom stereocenters. The lowest BCUT2D eigenvalue weighted by Gasteiger charge is -2.46. The fourth-order valence-electron chi connectivity index (χ4n) is 5.89. The Balaban J connectivity index is 1.34. The second-order valence-corrected chi connectivity index (χ2v) is 11.8. The van der Waals surface area contributed by atoms with Crippen LogP contribution in [0.1, 0.15) is 29.8 Å². The van der Waals surface area contributed by atoms with Gasteiger partial charge in [0.25, 0.3) is 5.91 Å². The van der Waals surface area contributed by atoms with Crippen LogP contribution in [0, 0.1) is 5.82 Å². The largest absolute Gasteiger partial charge is 0.497 e. The van der Waals surface area contributed by atoms with E-state index in [0.29, 0.717) is 46.9 Å². The molecule has 4 aromatic carbocycles. The molecule has 4 atom stereocenters. The Kier molecular flexibility index (Phi) is 10.5. The highest BCUT2D eigenvalue weighted by atomic mass is 19.1. The molecule has 248 valence electrons. The molecule has 1 heterocycles. The van der Waals surface area contributed by atoms with Gasteiger partial charge in [0.1, 0.15) is 41.4 Å². The number of rotatable bonds is 11. The van der Waals surface area contributed by atoms with Crippen molar-refractivity contribution in [3.63, 3.8) is 0 Å². The first kappa shape index (κ1) is 33.9. The van der Waals surface area contributed by atoms with Gasteiger partial charge >= 0.3 is 0 Å². The second kappa shape index (κ2) is 14.5. The summed E-state index contributed by atoms with van der Waals surface area (Å²) in [5.74, 6) is 1.00. The van der Waals surface area contributed by atoms with Crippen LogP contribution in [0.15, 0.2) is 84.9 Å². The summed E-state index contributed by atoms with van der Waals surface area (Å²) in [5.41, 5.74) is 3.25. The van der Waals surface area contributed by atoms with Gasteiger partial charge in [-0.15, -0.1) is 0 Å². The topological polar surface area (TPSA) is 116 Å². The molecule has 0 radical (unpaired) electrons. The number of benzene rings is 4. The number of carbonyl (C=O) groups is 1. The average Bonchev–Trinajstić information content (AvgIpc) is 3.07. The van der Waals surface area contributed by atoms with Crippen LogP contribution in [0.5, 0.6) is 17.2 Å². The zero-order chi connectivity index (χ0) is 33.7. The van der Waals surface area contributed by atoms with Gasteiger partial charge in [0, 0.05) is 24.8 Å².